The number of rotatable bonds is 0. The van der Waals surface area contributed by atoms with E-state index in [1.165, 1.54) is 0 Å². The van der Waals surface area contributed by atoms with E-state index in [1.54, 1.807) is 0 Å². The Hall–Kier alpha value is 2.77. The van der Waals surface area contributed by atoms with Crippen LogP contribution in [0.4, 0.5) is 0 Å². The predicted octanol–water partition coefficient (Wildman–Crippen LogP) is 4.87. The van der Waals surface area contributed by atoms with Gasteiger partial charge in [0.05, 0.1) is 5.34 Å². The van der Waals surface area contributed by atoms with Crippen LogP contribution in [-0.4, -0.2) is 5.34 Å². The van der Waals surface area contributed by atoms with E-state index in [0.29, 0.717) is 0 Å². The molecule has 0 heterocycles. The Morgan fingerprint density at radius 3 is 0.778 bits per heavy atom. The van der Waals surface area contributed by atoms with Gasteiger partial charge in [0.25, 0.3) is 0 Å². The number of hydrogen-bond acceptors (Lipinski definition) is 0. The summed E-state index contributed by atoms with van der Waals surface area (Å²) in [5.74, 6) is 0. The van der Waals surface area contributed by atoms with Gasteiger partial charge in [0, 0.05) is 0 Å². The molecule has 0 atom stereocenters. The predicted molar refractivity (Wildman–Crippen MR) is 45.8 cm³/mol. The Balaban J connectivity index is 0. The molecule has 0 saturated carbocycles. The average molecular weight is 443 g/mol. The zero-order valence-corrected chi connectivity index (χ0v) is 12.3. The molecular weight excluding hydrogens is 441 g/mol. The molecule has 0 N–H and O–H groups in total. The Bertz CT molecular complexity index is 51.8. The van der Waals surface area contributed by atoms with Crippen LogP contribution in [-0.2, 0) is 10.4 Å². The summed E-state index contributed by atoms with van der Waals surface area (Å²) >= 11 is 9.53. The van der Waals surface area contributed by atoms with Gasteiger partial charge >= 0.3 is 56.4 Å². The van der Waals surface area contributed by atoms with Crippen molar-refractivity contribution in [1.82, 2.24) is 0 Å². The molecule has 0 spiro atoms. The van der Waals surface area contributed by atoms with Crippen molar-refractivity contribution in [3.63, 3.8) is 0 Å². The van der Waals surface area contributed by atoms with Crippen molar-refractivity contribution < 1.29 is 10.4 Å². The van der Waals surface area contributed by atoms with Crippen LogP contribution in [0.3, 0.4) is 0 Å². The van der Waals surface area contributed by atoms with Crippen molar-refractivity contribution in [2.24, 2.45) is 0 Å². The van der Waals surface area contributed by atoms with Gasteiger partial charge in [-0.05, 0) is 0 Å². The van der Waals surface area contributed by atoms with Gasteiger partial charge in [-0.3, -0.25) is 0 Å². The summed E-state index contributed by atoms with van der Waals surface area (Å²) in [5, 5.41) is 0.194. The molecule has 0 fully saturated rings. The van der Waals surface area contributed by atoms with Gasteiger partial charge in [0.15, 0.2) is 0 Å². The summed E-state index contributed by atoms with van der Waals surface area (Å²) in [5.41, 5.74) is 0. The summed E-state index contributed by atoms with van der Waals surface area (Å²) in [6, 6.07) is 0. The van der Waals surface area contributed by atoms with Crippen molar-refractivity contribution in [3.05, 3.63) is 0 Å². The summed E-state index contributed by atoms with van der Waals surface area (Å²) in [6.45, 7) is 0. The monoisotopic (exact) mass is 440 g/mol. The molecule has 60 valence electrons. The second kappa shape index (κ2) is 5.42. The molecule has 0 rings (SSSR count). The Labute approximate surface area is 83.7 Å². The van der Waals surface area contributed by atoms with Crippen molar-refractivity contribution in [2.45, 2.75) is 0 Å². The molecule has 0 unspecified atom stereocenters. The molecule has 8 heteroatoms. The second-order valence-electron chi connectivity index (χ2n) is 0.740. The van der Waals surface area contributed by atoms with E-state index in [4.69, 9.17) is 69.1 Å². The van der Waals surface area contributed by atoms with E-state index in [0.717, 1.165) is 0 Å². The first-order chi connectivity index (χ1) is 3.65. The summed E-state index contributed by atoms with van der Waals surface area (Å²) < 4.78 is 0. The van der Waals surface area contributed by atoms with E-state index in [2.05, 4.69) is 0 Å². The number of halogens is 7. The Morgan fingerprint density at radius 1 is 0.778 bits per heavy atom. The Morgan fingerprint density at radius 2 is 0.778 bits per heavy atom. The fourth-order valence-electron chi connectivity index (χ4n) is 0. The molecule has 0 bridgehead atoms. The molecule has 0 aliphatic heterocycles. The van der Waals surface area contributed by atoms with Crippen LogP contribution in [0.5, 0.6) is 0 Å². The van der Waals surface area contributed by atoms with Gasteiger partial charge in [-0.1, -0.05) is 0 Å². The quantitative estimate of drug-likeness (QED) is 0.469. The van der Waals surface area contributed by atoms with Crippen LogP contribution in [0, 0.1) is 0 Å². The van der Waals surface area contributed by atoms with Crippen molar-refractivity contribution >= 4 is 69.1 Å². The molecule has 0 aromatic heterocycles. The topological polar surface area (TPSA) is 0 Å². The minimum atomic E-state index is -4.44. The number of hydrogen-bond donors (Lipinski definition) is 0. The standard InChI is InChI=1S/CH2Cl2.5ClH.Ta/c2-1-3;;;;;;/h1H2;5*1H;/q;;;;;;+5/p-5. The van der Waals surface area contributed by atoms with Crippen LogP contribution in [0.15, 0.2) is 0 Å². The molecule has 0 aliphatic carbocycles. The SMILES string of the molecule is ClCCl.[Cl][Ta]([Cl])([Cl])([Cl])[Cl]. The average Bonchev–Trinajstić information content (AvgIpc) is 1.23. The van der Waals surface area contributed by atoms with E-state index in [1.807, 2.05) is 0 Å². The third kappa shape index (κ3) is 108. The van der Waals surface area contributed by atoms with Gasteiger partial charge in [-0.15, -0.1) is 23.2 Å². The van der Waals surface area contributed by atoms with Crippen molar-refractivity contribution in [2.75, 3.05) is 5.34 Å². The third-order valence-corrected chi connectivity index (χ3v) is 0. The molecule has 0 aliphatic rings. The van der Waals surface area contributed by atoms with Gasteiger partial charge in [0.1, 0.15) is 0 Å². The molecule has 0 amide bonds. The molecule has 0 nitrogen and oxygen atoms in total. The normalized spacial score (nSPS) is 14.8. The van der Waals surface area contributed by atoms with E-state index in [-0.39, 0.29) is 5.34 Å². The zero-order chi connectivity index (χ0) is 8.15. The van der Waals surface area contributed by atoms with Crippen molar-refractivity contribution in [1.29, 1.82) is 0 Å². The maximum absolute atomic E-state index is 5.06. The third-order valence-electron chi connectivity index (χ3n) is 0. The first-order valence-electron chi connectivity index (χ1n) is 1.38. The fraction of sp³-hybridized carbons (Fsp3) is 1.00. The first kappa shape index (κ1) is 14.3. The summed E-state index contributed by atoms with van der Waals surface area (Å²) in [4.78, 5) is 0. The molecule has 0 aromatic rings. The molecule has 0 radical (unpaired) electrons. The van der Waals surface area contributed by atoms with Gasteiger partial charge in [0.2, 0.25) is 0 Å². The number of alkyl halides is 2. The van der Waals surface area contributed by atoms with E-state index in [9.17, 15) is 0 Å². The molecule has 0 aromatic carbocycles. The Kier molecular flexibility index (Phi) is 8.62. The molecule has 9 heavy (non-hydrogen) atoms. The maximum atomic E-state index is 5.06. The van der Waals surface area contributed by atoms with Gasteiger partial charge in [-0.25, -0.2) is 0 Å². The first-order valence-corrected chi connectivity index (χ1v) is 22.4. The van der Waals surface area contributed by atoms with Crippen LogP contribution in [0.25, 0.3) is 0 Å². The van der Waals surface area contributed by atoms with E-state index >= 15 is 0 Å². The molecular formula is CH2Cl7Ta. The minimum absolute atomic E-state index is 0.194. The van der Waals surface area contributed by atoms with Crippen LogP contribution in [0.2, 0.25) is 0 Å². The van der Waals surface area contributed by atoms with Crippen molar-refractivity contribution in [3.8, 4) is 0 Å². The fourth-order valence-corrected chi connectivity index (χ4v) is 0. The van der Waals surface area contributed by atoms with E-state index < -0.39 is 10.4 Å². The summed E-state index contributed by atoms with van der Waals surface area (Å²) in [6.07, 6.45) is 0. The van der Waals surface area contributed by atoms with Gasteiger partial charge < -0.3 is 0 Å². The van der Waals surface area contributed by atoms with Crippen LogP contribution in [0.1, 0.15) is 0 Å². The van der Waals surface area contributed by atoms with Crippen LogP contribution >= 0.6 is 69.1 Å². The van der Waals surface area contributed by atoms with Gasteiger partial charge in [-0.2, -0.15) is 0 Å². The second-order valence-corrected chi connectivity index (χ2v) is 48.0. The molecule has 0 saturated heterocycles. The summed E-state index contributed by atoms with van der Waals surface area (Å²) in [7, 11) is 20.9. The zero-order valence-electron chi connectivity index (χ0n) is 3.80. The van der Waals surface area contributed by atoms with Crippen LogP contribution < -0.4 is 0 Å².